The van der Waals surface area contributed by atoms with Crippen LogP contribution in [-0.4, -0.2) is 16.0 Å². The molecule has 1 aliphatic rings. The molecule has 5 heteroatoms. The van der Waals surface area contributed by atoms with E-state index in [0.717, 1.165) is 16.7 Å². The van der Waals surface area contributed by atoms with Crippen LogP contribution in [0.4, 0.5) is 11.8 Å². The number of fused-ring (bicyclic) bond motifs is 1. The molecule has 2 aromatic rings. The van der Waals surface area contributed by atoms with Gasteiger partial charge in [-0.2, -0.15) is 4.98 Å². The summed E-state index contributed by atoms with van der Waals surface area (Å²) >= 11 is 0. The van der Waals surface area contributed by atoms with Crippen LogP contribution in [0.2, 0.25) is 0 Å². The predicted molar refractivity (Wildman–Crippen MR) is 68.6 cm³/mol. The summed E-state index contributed by atoms with van der Waals surface area (Å²) in [5.74, 6) is 6.70. The summed E-state index contributed by atoms with van der Waals surface area (Å²) in [6.07, 6.45) is 3.72. The summed E-state index contributed by atoms with van der Waals surface area (Å²) in [6.45, 7) is 0. The fourth-order valence-electron chi connectivity index (χ4n) is 2.00. The summed E-state index contributed by atoms with van der Waals surface area (Å²) in [7, 11) is 0. The van der Waals surface area contributed by atoms with Gasteiger partial charge in [-0.05, 0) is 31.4 Å². The molecule has 0 saturated heterocycles. The molecule has 1 aromatic carbocycles. The zero-order valence-electron chi connectivity index (χ0n) is 9.48. The van der Waals surface area contributed by atoms with Crippen molar-refractivity contribution < 1.29 is 0 Å². The first-order valence-electron chi connectivity index (χ1n) is 5.87. The van der Waals surface area contributed by atoms with Gasteiger partial charge >= 0.3 is 0 Å². The summed E-state index contributed by atoms with van der Waals surface area (Å²) in [6, 6.07) is 8.48. The normalized spacial score (nSPS) is 15.6. The van der Waals surface area contributed by atoms with E-state index in [2.05, 4.69) is 20.7 Å². The molecule has 0 atom stereocenters. The van der Waals surface area contributed by atoms with Crippen molar-refractivity contribution in [2.45, 2.75) is 25.3 Å². The third-order valence-electron chi connectivity index (χ3n) is 3.18. The van der Waals surface area contributed by atoms with Crippen molar-refractivity contribution in [1.82, 2.24) is 9.97 Å². The average molecular weight is 229 g/mol. The summed E-state index contributed by atoms with van der Waals surface area (Å²) < 4.78 is 0. The topological polar surface area (TPSA) is 75.9 Å². The Labute approximate surface area is 99.4 Å². The summed E-state index contributed by atoms with van der Waals surface area (Å²) in [4.78, 5) is 8.70. The van der Waals surface area contributed by atoms with Gasteiger partial charge in [-0.1, -0.05) is 12.1 Å². The lowest BCUT2D eigenvalue weighted by Crippen LogP contribution is -2.28. The number of hydrogen-bond acceptors (Lipinski definition) is 5. The van der Waals surface area contributed by atoms with Crippen LogP contribution in [0.3, 0.4) is 0 Å². The predicted octanol–water partition coefficient (Wildman–Crippen LogP) is 1.88. The maximum atomic E-state index is 5.38. The van der Waals surface area contributed by atoms with Crippen LogP contribution < -0.4 is 16.6 Å². The Morgan fingerprint density at radius 2 is 2.00 bits per heavy atom. The largest absolute Gasteiger partial charge is 0.367 e. The number of nitrogens with one attached hydrogen (secondary N) is 2. The number of rotatable bonds is 3. The third kappa shape index (κ3) is 1.89. The van der Waals surface area contributed by atoms with Crippen LogP contribution in [0.5, 0.6) is 0 Å². The van der Waals surface area contributed by atoms with Gasteiger partial charge < -0.3 is 5.32 Å². The molecule has 1 saturated carbocycles. The molecule has 17 heavy (non-hydrogen) atoms. The lowest BCUT2D eigenvalue weighted by Gasteiger charge is -2.27. The third-order valence-corrected chi connectivity index (χ3v) is 3.18. The second-order valence-corrected chi connectivity index (χ2v) is 4.33. The van der Waals surface area contributed by atoms with E-state index >= 15 is 0 Å². The fraction of sp³-hybridized carbons (Fsp3) is 0.333. The van der Waals surface area contributed by atoms with Crippen molar-refractivity contribution in [2.75, 3.05) is 10.7 Å². The van der Waals surface area contributed by atoms with E-state index in [1.807, 2.05) is 24.3 Å². The van der Waals surface area contributed by atoms with E-state index in [4.69, 9.17) is 5.84 Å². The van der Waals surface area contributed by atoms with Gasteiger partial charge in [0.15, 0.2) is 0 Å². The molecule has 0 spiro atoms. The molecule has 0 unspecified atom stereocenters. The van der Waals surface area contributed by atoms with Crippen LogP contribution in [0.25, 0.3) is 10.9 Å². The van der Waals surface area contributed by atoms with Crippen molar-refractivity contribution in [2.24, 2.45) is 5.84 Å². The Balaban J connectivity index is 2.05. The van der Waals surface area contributed by atoms with Gasteiger partial charge in [0.1, 0.15) is 5.82 Å². The zero-order valence-corrected chi connectivity index (χ0v) is 9.48. The lowest BCUT2D eigenvalue weighted by molar-refractivity contribution is 0.445. The smallest absolute Gasteiger partial charge is 0.239 e. The van der Waals surface area contributed by atoms with E-state index in [1.54, 1.807) is 0 Å². The molecule has 1 fully saturated rings. The van der Waals surface area contributed by atoms with Gasteiger partial charge in [-0.3, -0.25) is 5.43 Å². The molecule has 5 nitrogen and oxygen atoms in total. The highest BCUT2D eigenvalue weighted by atomic mass is 15.3. The maximum absolute atomic E-state index is 5.38. The van der Waals surface area contributed by atoms with E-state index in [-0.39, 0.29) is 0 Å². The standard InChI is InChI=1S/C12H15N5/c13-17-12-15-10-7-2-1-6-9(10)11(16-12)14-8-4-3-5-8/h1-2,6-8H,3-5,13H2,(H2,14,15,16,17). The van der Waals surface area contributed by atoms with E-state index in [0.29, 0.717) is 12.0 Å². The zero-order chi connectivity index (χ0) is 11.7. The van der Waals surface area contributed by atoms with Crippen molar-refractivity contribution in [3.63, 3.8) is 0 Å². The second kappa shape index (κ2) is 4.18. The number of benzene rings is 1. The minimum absolute atomic E-state index is 0.450. The Morgan fingerprint density at radius 3 is 2.71 bits per heavy atom. The van der Waals surface area contributed by atoms with Gasteiger partial charge in [0.2, 0.25) is 5.95 Å². The Hall–Kier alpha value is -1.88. The first-order chi connectivity index (χ1) is 8.36. The highest BCUT2D eigenvalue weighted by Gasteiger charge is 2.18. The average Bonchev–Trinajstić information content (AvgIpc) is 2.33. The van der Waals surface area contributed by atoms with E-state index < -0.39 is 0 Å². The molecule has 0 amide bonds. The molecule has 4 N–H and O–H groups in total. The Kier molecular flexibility index (Phi) is 2.53. The van der Waals surface area contributed by atoms with Crippen molar-refractivity contribution in [1.29, 1.82) is 0 Å². The highest BCUT2D eigenvalue weighted by molar-refractivity contribution is 5.90. The number of hydrazine groups is 1. The molecule has 0 aliphatic heterocycles. The van der Waals surface area contributed by atoms with Crippen LogP contribution in [0.15, 0.2) is 24.3 Å². The molecule has 1 aliphatic carbocycles. The van der Waals surface area contributed by atoms with Gasteiger partial charge in [0.05, 0.1) is 5.52 Å². The van der Waals surface area contributed by atoms with Crippen LogP contribution in [0.1, 0.15) is 19.3 Å². The van der Waals surface area contributed by atoms with Gasteiger partial charge in [-0.25, -0.2) is 10.8 Å². The number of nitrogens with zero attached hydrogens (tertiary/aromatic N) is 2. The summed E-state index contributed by atoms with van der Waals surface area (Å²) in [5, 5.41) is 4.49. The van der Waals surface area contributed by atoms with Gasteiger partial charge in [0.25, 0.3) is 0 Å². The Morgan fingerprint density at radius 1 is 1.18 bits per heavy atom. The molecule has 1 heterocycles. The number of hydrogen-bond donors (Lipinski definition) is 3. The van der Waals surface area contributed by atoms with Crippen molar-refractivity contribution >= 4 is 22.7 Å². The fourth-order valence-corrected chi connectivity index (χ4v) is 2.00. The monoisotopic (exact) mass is 229 g/mol. The van der Waals surface area contributed by atoms with Crippen molar-refractivity contribution in [3.8, 4) is 0 Å². The molecule has 3 rings (SSSR count). The van der Waals surface area contributed by atoms with Crippen molar-refractivity contribution in [3.05, 3.63) is 24.3 Å². The van der Waals surface area contributed by atoms with Crippen LogP contribution >= 0.6 is 0 Å². The first kappa shape index (κ1) is 10.3. The number of nitrogens with two attached hydrogens (primary N) is 1. The minimum Gasteiger partial charge on any atom is -0.367 e. The number of anilines is 2. The quantitative estimate of drug-likeness (QED) is 0.553. The van der Waals surface area contributed by atoms with E-state index in [9.17, 15) is 0 Å². The van der Waals surface area contributed by atoms with Crippen LogP contribution in [-0.2, 0) is 0 Å². The molecule has 1 aromatic heterocycles. The molecular weight excluding hydrogens is 214 g/mol. The summed E-state index contributed by atoms with van der Waals surface area (Å²) in [5.41, 5.74) is 3.41. The molecule has 0 bridgehead atoms. The second-order valence-electron chi connectivity index (χ2n) is 4.33. The SMILES string of the molecule is NNc1nc(NC2CCC2)c2ccccc2n1. The number of aromatic nitrogens is 2. The first-order valence-corrected chi connectivity index (χ1v) is 5.87. The van der Waals surface area contributed by atoms with E-state index in [1.165, 1.54) is 19.3 Å². The minimum atomic E-state index is 0.450. The Bertz CT molecular complexity index is 535. The number of nitrogen functional groups attached to an aromatic ring is 1. The molecule has 88 valence electrons. The number of para-hydroxylation sites is 1. The molecular formula is C12H15N5. The lowest BCUT2D eigenvalue weighted by atomic mass is 9.93. The van der Waals surface area contributed by atoms with Gasteiger partial charge in [-0.15, -0.1) is 0 Å². The van der Waals surface area contributed by atoms with Gasteiger partial charge in [0, 0.05) is 11.4 Å². The highest BCUT2D eigenvalue weighted by Crippen LogP contribution is 2.27. The maximum Gasteiger partial charge on any atom is 0.239 e. The van der Waals surface area contributed by atoms with Crippen LogP contribution in [0, 0.1) is 0 Å². The molecule has 0 radical (unpaired) electrons.